The summed E-state index contributed by atoms with van der Waals surface area (Å²) in [5.74, 6) is 0.803. The zero-order valence-electron chi connectivity index (χ0n) is 18.2. The van der Waals surface area contributed by atoms with Crippen LogP contribution >= 0.6 is 0 Å². The van der Waals surface area contributed by atoms with E-state index in [9.17, 15) is 18.0 Å². The molecule has 3 aromatic rings. The van der Waals surface area contributed by atoms with E-state index in [1.807, 2.05) is 4.57 Å². The summed E-state index contributed by atoms with van der Waals surface area (Å²) < 4.78 is 44.7. The first-order chi connectivity index (χ1) is 15.6. The first kappa shape index (κ1) is 22.7. The lowest BCUT2D eigenvalue weighted by atomic mass is 10.1. The molecule has 33 heavy (non-hydrogen) atoms. The Hall–Kier alpha value is -3.53. The van der Waals surface area contributed by atoms with Gasteiger partial charge < -0.3 is 25.3 Å². The lowest BCUT2D eigenvalue weighted by molar-refractivity contribution is -0.137. The normalized spacial score (nSPS) is 13.7. The van der Waals surface area contributed by atoms with E-state index in [1.54, 1.807) is 43.0 Å². The Morgan fingerprint density at radius 2 is 1.79 bits per heavy atom. The highest BCUT2D eigenvalue weighted by molar-refractivity contribution is 5.85. The first-order valence-corrected chi connectivity index (χ1v) is 10.4. The SMILES string of the molecule is CC(C)(N)C(=O)N1CCn2c(nc(-c3ccc(F)cc3)c2Nc2ccc(OC(F)F)cc2)C1. The maximum absolute atomic E-state index is 13.5. The molecule has 3 N–H and O–H groups in total. The van der Waals surface area contributed by atoms with E-state index in [0.717, 1.165) is 0 Å². The van der Waals surface area contributed by atoms with Gasteiger partial charge in [0.25, 0.3) is 0 Å². The first-order valence-electron chi connectivity index (χ1n) is 10.4. The summed E-state index contributed by atoms with van der Waals surface area (Å²) in [4.78, 5) is 19.1. The average Bonchev–Trinajstić information content (AvgIpc) is 3.11. The predicted octanol–water partition coefficient (Wildman–Crippen LogP) is 4.11. The molecule has 0 spiro atoms. The number of benzene rings is 2. The van der Waals surface area contributed by atoms with Crippen molar-refractivity contribution in [3.05, 3.63) is 60.2 Å². The molecule has 7 nitrogen and oxygen atoms in total. The summed E-state index contributed by atoms with van der Waals surface area (Å²) >= 11 is 0. The molecule has 0 atom stereocenters. The summed E-state index contributed by atoms with van der Waals surface area (Å²) in [5, 5.41) is 3.28. The van der Waals surface area contributed by atoms with Crippen molar-refractivity contribution in [2.45, 2.75) is 39.1 Å². The van der Waals surface area contributed by atoms with Crippen LogP contribution in [-0.2, 0) is 17.9 Å². The minimum absolute atomic E-state index is 0.0446. The summed E-state index contributed by atoms with van der Waals surface area (Å²) in [7, 11) is 0. The molecule has 0 bridgehead atoms. The number of halogens is 3. The van der Waals surface area contributed by atoms with Crippen LogP contribution in [0.3, 0.4) is 0 Å². The fourth-order valence-corrected chi connectivity index (χ4v) is 3.70. The monoisotopic (exact) mass is 459 g/mol. The minimum atomic E-state index is -2.90. The summed E-state index contributed by atoms with van der Waals surface area (Å²) in [6.07, 6.45) is 0. The van der Waals surface area contributed by atoms with Gasteiger partial charge in [-0.2, -0.15) is 8.78 Å². The summed E-state index contributed by atoms with van der Waals surface area (Å²) in [6.45, 7) is 1.61. The number of hydrogen-bond acceptors (Lipinski definition) is 5. The smallest absolute Gasteiger partial charge is 0.387 e. The van der Waals surface area contributed by atoms with Crippen LogP contribution in [0.5, 0.6) is 5.75 Å². The Morgan fingerprint density at radius 3 is 2.39 bits per heavy atom. The molecule has 0 unspecified atom stereocenters. The molecule has 1 aliphatic rings. The molecular weight excluding hydrogens is 435 g/mol. The van der Waals surface area contributed by atoms with Crippen LogP contribution in [0.1, 0.15) is 19.7 Å². The van der Waals surface area contributed by atoms with Gasteiger partial charge in [0.1, 0.15) is 28.9 Å². The second kappa shape index (κ2) is 8.78. The Labute approximate surface area is 189 Å². The number of fused-ring (bicyclic) bond motifs is 1. The third-order valence-corrected chi connectivity index (χ3v) is 5.27. The van der Waals surface area contributed by atoms with E-state index in [-0.39, 0.29) is 24.0 Å². The van der Waals surface area contributed by atoms with Gasteiger partial charge in [0.15, 0.2) is 0 Å². The molecule has 4 rings (SSSR count). The Morgan fingerprint density at radius 1 is 1.12 bits per heavy atom. The number of carbonyl (C=O) groups excluding carboxylic acids is 1. The molecule has 0 radical (unpaired) electrons. The maximum atomic E-state index is 13.5. The number of amides is 1. The molecular formula is C23H24F3N5O2. The van der Waals surface area contributed by atoms with Gasteiger partial charge in [-0.1, -0.05) is 0 Å². The number of imidazole rings is 1. The van der Waals surface area contributed by atoms with E-state index < -0.39 is 12.2 Å². The van der Waals surface area contributed by atoms with Crippen molar-refractivity contribution in [1.82, 2.24) is 14.5 Å². The lowest BCUT2D eigenvalue weighted by Gasteiger charge is -2.33. The number of aromatic nitrogens is 2. The molecule has 0 fully saturated rings. The molecule has 2 aromatic carbocycles. The van der Waals surface area contributed by atoms with Crippen molar-refractivity contribution < 1.29 is 22.7 Å². The highest BCUT2D eigenvalue weighted by Crippen LogP contribution is 2.34. The molecule has 1 aliphatic heterocycles. The highest BCUT2D eigenvalue weighted by Gasteiger charge is 2.32. The molecule has 10 heteroatoms. The van der Waals surface area contributed by atoms with Crippen LogP contribution in [0.2, 0.25) is 0 Å². The van der Waals surface area contributed by atoms with E-state index in [2.05, 4.69) is 10.1 Å². The van der Waals surface area contributed by atoms with Gasteiger partial charge in [-0.25, -0.2) is 9.37 Å². The topological polar surface area (TPSA) is 85.4 Å². The van der Waals surface area contributed by atoms with E-state index in [1.165, 1.54) is 24.3 Å². The number of nitrogens with two attached hydrogens (primary N) is 1. The molecule has 0 aliphatic carbocycles. The molecule has 0 saturated heterocycles. The van der Waals surface area contributed by atoms with Crippen molar-refractivity contribution in [2.75, 3.05) is 11.9 Å². The van der Waals surface area contributed by atoms with Crippen molar-refractivity contribution in [3.63, 3.8) is 0 Å². The Balaban J connectivity index is 1.69. The Bertz CT molecular complexity index is 1140. The largest absolute Gasteiger partial charge is 0.435 e. The van der Waals surface area contributed by atoms with Gasteiger partial charge >= 0.3 is 6.61 Å². The molecule has 0 saturated carbocycles. The van der Waals surface area contributed by atoms with Gasteiger partial charge in [-0.3, -0.25) is 4.79 Å². The quantitative estimate of drug-likeness (QED) is 0.580. The number of nitrogens with one attached hydrogen (secondary N) is 1. The van der Waals surface area contributed by atoms with E-state index in [4.69, 9.17) is 10.7 Å². The van der Waals surface area contributed by atoms with Crippen LogP contribution in [-0.4, -0.2) is 39.1 Å². The van der Waals surface area contributed by atoms with E-state index in [0.29, 0.717) is 41.7 Å². The standard InChI is InChI=1S/C23H24F3N5O2/c1-23(2,27)21(32)30-11-12-31-18(13-30)29-19(14-3-5-15(24)6-4-14)20(31)28-16-7-9-17(10-8-16)33-22(25)26/h3-10,22,28H,11-13,27H2,1-2H3. The molecule has 174 valence electrons. The van der Waals surface area contributed by atoms with Crippen molar-refractivity contribution in [1.29, 1.82) is 0 Å². The summed E-state index contributed by atoms with van der Waals surface area (Å²) in [6, 6.07) is 12.0. The fourth-order valence-electron chi connectivity index (χ4n) is 3.70. The second-order valence-electron chi connectivity index (χ2n) is 8.36. The Kier molecular flexibility index (Phi) is 6.03. The molecule has 2 heterocycles. The van der Waals surface area contributed by atoms with E-state index >= 15 is 0 Å². The van der Waals surface area contributed by atoms with Crippen LogP contribution in [0.4, 0.5) is 24.7 Å². The molecule has 1 aromatic heterocycles. The zero-order chi connectivity index (χ0) is 23.8. The van der Waals surface area contributed by atoms with Gasteiger partial charge in [-0.05, 0) is 62.4 Å². The van der Waals surface area contributed by atoms with Crippen molar-refractivity contribution >= 4 is 17.4 Å². The van der Waals surface area contributed by atoms with Crippen LogP contribution in [0, 0.1) is 5.82 Å². The number of carbonyl (C=O) groups is 1. The van der Waals surface area contributed by atoms with Gasteiger partial charge in [0, 0.05) is 24.3 Å². The number of alkyl halides is 2. The van der Waals surface area contributed by atoms with Crippen molar-refractivity contribution in [2.24, 2.45) is 5.73 Å². The maximum Gasteiger partial charge on any atom is 0.387 e. The zero-order valence-corrected chi connectivity index (χ0v) is 18.2. The fraction of sp³-hybridized carbons (Fsp3) is 0.304. The third-order valence-electron chi connectivity index (χ3n) is 5.27. The number of anilines is 2. The number of nitrogens with zero attached hydrogens (tertiary/aromatic N) is 3. The lowest BCUT2D eigenvalue weighted by Crippen LogP contribution is -2.52. The number of rotatable bonds is 6. The molecule has 1 amide bonds. The third kappa shape index (κ3) is 4.95. The van der Waals surface area contributed by atoms with Gasteiger partial charge in [0.2, 0.25) is 5.91 Å². The minimum Gasteiger partial charge on any atom is -0.435 e. The average molecular weight is 459 g/mol. The second-order valence-corrected chi connectivity index (χ2v) is 8.36. The number of hydrogen-bond donors (Lipinski definition) is 2. The summed E-state index contributed by atoms with van der Waals surface area (Å²) in [5.41, 5.74) is 6.89. The van der Waals surface area contributed by atoms with Gasteiger partial charge in [-0.15, -0.1) is 0 Å². The predicted molar refractivity (Wildman–Crippen MR) is 118 cm³/mol. The van der Waals surface area contributed by atoms with Crippen LogP contribution in [0.15, 0.2) is 48.5 Å². The van der Waals surface area contributed by atoms with Gasteiger partial charge in [0.05, 0.1) is 12.1 Å². The van der Waals surface area contributed by atoms with Crippen LogP contribution in [0.25, 0.3) is 11.3 Å². The highest BCUT2D eigenvalue weighted by atomic mass is 19.3. The van der Waals surface area contributed by atoms with Crippen LogP contribution < -0.4 is 15.8 Å². The number of ether oxygens (including phenoxy) is 1. The van der Waals surface area contributed by atoms with Crippen molar-refractivity contribution in [3.8, 4) is 17.0 Å².